The molecule has 0 heterocycles. The van der Waals surface area contributed by atoms with Gasteiger partial charge in [0.15, 0.2) is 0 Å². The van der Waals surface area contributed by atoms with Gasteiger partial charge in [0, 0.05) is 12.5 Å². The van der Waals surface area contributed by atoms with Gasteiger partial charge < -0.3 is 5.32 Å². The van der Waals surface area contributed by atoms with Crippen LogP contribution < -0.4 is 5.32 Å². The van der Waals surface area contributed by atoms with E-state index in [4.69, 9.17) is 5.26 Å². The van der Waals surface area contributed by atoms with Crippen LogP contribution in [0.5, 0.6) is 0 Å². The Hall–Kier alpha value is -1.82. The van der Waals surface area contributed by atoms with Crippen molar-refractivity contribution in [3.05, 3.63) is 35.4 Å². The van der Waals surface area contributed by atoms with Crippen molar-refractivity contribution < 1.29 is 4.79 Å². The molecule has 0 saturated carbocycles. The summed E-state index contributed by atoms with van der Waals surface area (Å²) in [5.74, 6) is -0.439. The zero-order valence-electron chi connectivity index (χ0n) is 11.2. The van der Waals surface area contributed by atoms with Crippen LogP contribution in [-0.2, 0) is 11.2 Å². The van der Waals surface area contributed by atoms with Crippen LogP contribution in [0.25, 0.3) is 0 Å². The molecule has 18 heavy (non-hydrogen) atoms. The number of hydrogen-bond donors (Lipinski definition) is 1. The number of carbonyl (C=O) groups excluding carboxylic acids is 1. The number of amides is 1. The summed E-state index contributed by atoms with van der Waals surface area (Å²) in [5, 5.41) is 12.0. The molecule has 0 spiro atoms. The van der Waals surface area contributed by atoms with Crippen molar-refractivity contribution in [2.75, 3.05) is 0 Å². The van der Waals surface area contributed by atoms with Gasteiger partial charge >= 0.3 is 0 Å². The molecule has 1 rings (SSSR count). The highest BCUT2D eigenvalue weighted by Gasteiger charge is 2.15. The fourth-order valence-corrected chi connectivity index (χ4v) is 1.79. The van der Waals surface area contributed by atoms with Gasteiger partial charge in [0.05, 0.1) is 12.0 Å². The summed E-state index contributed by atoms with van der Waals surface area (Å²) >= 11 is 0. The van der Waals surface area contributed by atoms with Gasteiger partial charge in [-0.1, -0.05) is 31.2 Å². The molecule has 1 atom stereocenters. The molecule has 0 aliphatic heterocycles. The SMILES string of the molecule is CCc1ccc(C(C#N)CC(=O)NC(C)C)cc1. The quantitative estimate of drug-likeness (QED) is 0.865. The van der Waals surface area contributed by atoms with E-state index in [1.54, 1.807) is 0 Å². The average molecular weight is 244 g/mol. The topological polar surface area (TPSA) is 52.9 Å². The van der Waals surface area contributed by atoms with Crippen LogP contribution in [-0.4, -0.2) is 11.9 Å². The molecule has 1 unspecified atom stereocenters. The van der Waals surface area contributed by atoms with E-state index >= 15 is 0 Å². The standard InChI is InChI=1S/C15H20N2O/c1-4-12-5-7-13(8-6-12)14(10-16)9-15(18)17-11(2)3/h5-8,11,14H,4,9H2,1-3H3,(H,17,18). The van der Waals surface area contributed by atoms with Crippen LogP contribution in [0.15, 0.2) is 24.3 Å². The maximum atomic E-state index is 11.7. The fourth-order valence-electron chi connectivity index (χ4n) is 1.79. The van der Waals surface area contributed by atoms with Crippen LogP contribution in [0.1, 0.15) is 44.2 Å². The minimum atomic E-state index is -0.366. The zero-order valence-corrected chi connectivity index (χ0v) is 11.2. The first-order chi connectivity index (χ1) is 8.56. The first-order valence-corrected chi connectivity index (χ1v) is 6.34. The molecule has 96 valence electrons. The van der Waals surface area contributed by atoms with Gasteiger partial charge in [0.25, 0.3) is 0 Å². The Kier molecular flexibility index (Phi) is 5.38. The van der Waals surface area contributed by atoms with E-state index in [0.717, 1.165) is 12.0 Å². The molecule has 1 N–H and O–H groups in total. The van der Waals surface area contributed by atoms with Crippen molar-refractivity contribution in [3.63, 3.8) is 0 Å². The second kappa shape index (κ2) is 6.80. The van der Waals surface area contributed by atoms with E-state index in [0.29, 0.717) is 0 Å². The number of carbonyl (C=O) groups is 1. The first-order valence-electron chi connectivity index (χ1n) is 6.34. The third-order valence-corrected chi connectivity index (χ3v) is 2.79. The van der Waals surface area contributed by atoms with E-state index in [1.165, 1.54) is 5.56 Å². The minimum Gasteiger partial charge on any atom is -0.354 e. The molecule has 0 fully saturated rings. The molecule has 1 amide bonds. The van der Waals surface area contributed by atoms with E-state index in [-0.39, 0.29) is 24.3 Å². The van der Waals surface area contributed by atoms with Gasteiger partial charge in [0.2, 0.25) is 5.91 Å². The Morgan fingerprint density at radius 1 is 1.33 bits per heavy atom. The summed E-state index contributed by atoms with van der Waals surface area (Å²) in [4.78, 5) is 11.7. The Balaban J connectivity index is 2.71. The van der Waals surface area contributed by atoms with E-state index in [9.17, 15) is 4.79 Å². The molecule has 1 aromatic rings. The zero-order chi connectivity index (χ0) is 13.5. The van der Waals surface area contributed by atoms with Crippen LogP contribution in [0, 0.1) is 11.3 Å². The smallest absolute Gasteiger partial charge is 0.221 e. The number of nitrogens with zero attached hydrogens (tertiary/aromatic N) is 1. The molecule has 0 saturated heterocycles. The number of aryl methyl sites for hydroxylation is 1. The lowest BCUT2D eigenvalue weighted by Gasteiger charge is -2.12. The van der Waals surface area contributed by atoms with Crippen LogP contribution in [0.3, 0.4) is 0 Å². The molecule has 0 aliphatic rings. The Morgan fingerprint density at radius 3 is 2.39 bits per heavy atom. The van der Waals surface area contributed by atoms with Gasteiger partial charge in [-0.15, -0.1) is 0 Å². The van der Waals surface area contributed by atoms with Crippen molar-refractivity contribution in [1.82, 2.24) is 5.32 Å². The predicted octanol–water partition coefficient (Wildman–Crippen LogP) is 2.77. The van der Waals surface area contributed by atoms with Gasteiger partial charge in [0.1, 0.15) is 0 Å². The molecular weight excluding hydrogens is 224 g/mol. The monoisotopic (exact) mass is 244 g/mol. The highest BCUT2D eigenvalue weighted by Crippen LogP contribution is 2.19. The van der Waals surface area contributed by atoms with E-state index in [2.05, 4.69) is 18.3 Å². The lowest BCUT2D eigenvalue weighted by molar-refractivity contribution is -0.121. The van der Waals surface area contributed by atoms with Crippen molar-refractivity contribution in [2.45, 2.75) is 45.6 Å². The second-order valence-electron chi connectivity index (χ2n) is 4.70. The Labute approximate surface area is 109 Å². The van der Waals surface area contributed by atoms with E-state index in [1.807, 2.05) is 38.1 Å². The summed E-state index contributed by atoms with van der Waals surface area (Å²) in [6.45, 7) is 5.91. The van der Waals surface area contributed by atoms with Crippen LogP contribution in [0.4, 0.5) is 0 Å². The number of hydrogen-bond acceptors (Lipinski definition) is 2. The van der Waals surface area contributed by atoms with Gasteiger partial charge in [-0.2, -0.15) is 5.26 Å². The Morgan fingerprint density at radius 2 is 1.94 bits per heavy atom. The number of rotatable bonds is 5. The molecular formula is C15H20N2O. The predicted molar refractivity (Wildman–Crippen MR) is 72.1 cm³/mol. The molecule has 0 aromatic heterocycles. The molecule has 3 nitrogen and oxygen atoms in total. The van der Waals surface area contributed by atoms with Crippen LogP contribution in [0.2, 0.25) is 0 Å². The van der Waals surface area contributed by atoms with Crippen molar-refractivity contribution in [3.8, 4) is 6.07 Å². The molecule has 0 aliphatic carbocycles. The van der Waals surface area contributed by atoms with E-state index < -0.39 is 0 Å². The number of nitriles is 1. The minimum absolute atomic E-state index is 0.0730. The van der Waals surface area contributed by atoms with Crippen molar-refractivity contribution in [1.29, 1.82) is 5.26 Å². The second-order valence-corrected chi connectivity index (χ2v) is 4.70. The highest BCUT2D eigenvalue weighted by molar-refractivity contribution is 5.77. The maximum absolute atomic E-state index is 11.7. The number of nitrogens with one attached hydrogen (secondary N) is 1. The van der Waals surface area contributed by atoms with Crippen molar-refractivity contribution >= 4 is 5.91 Å². The average Bonchev–Trinajstić information content (AvgIpc) is 2.35. The third kappa shape index (κ3) is 4.21. The first kappa shape index (κ1) is 14.2. The summed E-state index contributed by atoms with van der Waals surface area (Å²) in [7, 11) is 0. The van der Waals surface area contributed by atoms with Crippen LogP contribution >= 0.6 is 0 Å². The summed E-state index contributed by atoms with van der Waals surface area (Å²) in [6.07, 6.45) is 1.20. The normalized spacial score (nSPS) is 11.9. The van der Waals surface area contributed by atoms with Gasteiger partial charge in [-0.05, 0) is 31.4 Å². The fraction of sp³-hybridized carbons (Fsp3) is 0.467. The van der Waals surface area contributed by atoms with Crippen molar-refractivity contribution in [2.24, 2.45) is 0 Å². The molecule has 3 heteroatoms. The molecule has 1 aromatic carbocycles. The molecule has 0 radical (unpaired) electrons. The largest absolute Gasteiger partial charge is 0.354 e. The lowest BCUT2D eigenvalue weighted by Crippen LogP contribution is -2.31. The summed E-state index contributed by atoms with van der Waals surface area (Å²) in [6, 6.07) is 10.2. The molecule has 0 bridgehead atoms. The Bertz CT molecular complexity index is 429. The summed E-state index contributed by atoms with van der Waals surface area (Å²) < 4.78 is 0. The number of benzene rings is 1. The lowest BCUT2D eigenvalue weighted by atomic mass is 9.95. The highest BCUT2D eigenvalue weighted by atomic mass is 16.1. The maximum Gasteiger partial charge on any atom is 0.221 e. The third-order valence-electron chi connectivity index (χ3n) is 2.79. The summed E-state index contributed by atoms with van der Waals surface area (Å²) in [5.41, 5.74) is 2.15. The van der Waals surface area contributed by atoms with Gasteiger partial charge in [-0.3, -0.25) is 4.79 Å². The van der Waals surface area contributed by atoms with Gasteiger partial charge in [-0.25, -0.2) is 0 Å².